The Labute approximate surface area is 116 Å². The number of hydrogen-bond acceptors (Lipinski definition) is 4. The average Bonchev–Trinajstić information content (AvgIpc) is 3.01. The first kappa shape index (κ1) is 12.4. The predicted octanol–water partition coefficient (Wildman–Crippen LogP) is 4.14. The summed E-state index contributed by atoms with van der Waals surface area (Å²) in [5.74, 6) is 0.390. The van der Waals surface area contributed by atoms with Crippen molar-refractivity contribution in [2.24, 2.45) is 5.73 Å². The van der Waals surface area contributed by atoms with E-state index in [0.717, 1.165) is 32.1 Å². The van der Waals surface area contributed by atoms with Gasteiger partial charge in [0.1, 0.15) is 16.9 Å². The topological polar surface area (TPSA) is 52.0 Å². The second kappa shape index (κ2) is 4.79. The molecular weight excluding hydrogens is 256 g/mol. The van der Waals surface area contributed by atoms with E-state index in [4.69, 9.17) is 15.1 Å². The minimum atomic E-state index is 0.390. The van der Waals surface area contributed by atoms with Crippen molar-refractivity contribution in [3.05, 3.63) is 41.1 Å². The molecule has 1 aromatic carbocycles. The second-order valence-electron chi connectivity index (χ2n) is 4.83. The first-order chi connectivity index (χ1) is 9.20. The van der Waals surface area contributed by atoms with E-state index in [2.05, 4.69) is 19.9 Å². The van der Waals surface area contributed by atoms with Gasteiger partial charge in [-0.3, -0.25) is 0 Å². The van der Waals surface area contributed by atoms with Crippen molar-refractivity contribution in [1.82, 2.24) is 4.98 Å². The van der Waals surface area contributed by atoms with Gasteiger partial charge in [-0.1, -0.05) is 32.0 Å². The lowest BCUT2D eigenvalue weighted by molar-refractivity contribution is 0.617. The Bertz CT molecular complexity index is 712. The molecule has 2 aromatic heterocycles. The third-order valence-electron chi connectivity index (χ3n) is 3.17. The molecule has 0 fully saturated rings. The molecule has 3 nitrogen and oxygen atoms in total. The summed E-state index contributed by atoms with van der Waals surface area (Å²) >= 11 is 1.66. The number of hydrogen-bond donors (Lipinski definition) is 1. The van der Waals surface area contributed by atoms with E-state index in [9.17, 15) is 0 Å². The van der Waals surface area contributed by atoms with Crippen molar-refractivity contribution in [2.75, 3.05) is 0 Å². The number of thiazole rings is 1. The summed E-state index contributed by atoms with van der Waals surface area (Å²) in [4.78, 5) is 5.91. The first-order valence-electron chi connectivity index (χ1n) is 6.37. The van der Waals surface area contributed by atoms with Gasteiger partial charge in [0.05, 0.1) is 11.3 Å². The zero-order chi connectivity index (χ0) is 13.4. The molecule has 0 spiro atoms. The molecule has 0 amide bonds. The largest absolute Gasteiger partial charge is 0.464 e. The molecule has 0 saturated heterocycles. The second-order valence-corrected chi connectivity index (χ2v) is 5.92. The highest BCUT2D eigenvalue weighted by Gasteiger charge is 2.17. The molecule has 0 unspecified atom stereocenters. The summed E-state index contributed by atoms with van der Waals surface area (Å²) in [6, 6.07) is 8.02. The zero-order valence-corrected chi connectivity index (χ0v) is 11.8. The maximum Gasteiger partial charge on any atom is 0.134 e. The number of benzene rings is 1. The van der Waals surface area contributed by atoms with E-state index in [-0.39, 0.29) is 0 Å². The molecule has 0 radical (unpaired) electrons. The van der Waals surface area contributed by atoms with Crippen LogP contribution in [0.1, 0.15) is 30.3 Å². The maximum absolute atomic E-state index is 5.81. The number of aromatic nitrogens is 1. The molecule has 0 aliphatic rings. The standard InChI is InChI=1S/C15H16N2OS/c1-9(2)14-13(7-16)19-15(17-14)11-8-18-12-6-4-3-5-10(11)12/h3-6,8-9H,7,16H2,1-2H3. The fourth-order valence-corrected chi connectivity index (χ4v) is 3.33. The Morgan fingerprint density at radius 3 is 2.79 bits per heavy atom. The van der Waals surface area contributed by atoms with Crippen LogP contribution in [-0.2, 0) is 6.54 Å². The van der Waals surface area contributed by atoms with Gasteiger partial charge in [-0.15, -0.1) is 11.3 Å². The Hall–Kier alpha value is -1.65. The molecule has 0 aliphatic heterocycles. The van der Waals surface area contributed by atoms with Crippen molar-refractivity contribution < 1.29 is 4.42 Å². The highest BCUT2D eigenvalue weighted by molar-refractivity contribution is 7.15. The van der Waals surface area contributed by atoms with Gasteiger partial charge in [-0.25, -0.2) is 4.98 Å². The van der Waals surface area contributed by atoms with Gasteiger partial charge >= 0.3 is 0 Å². The van der Waals surface area contributed by atoms with Gasteiger partial charge in [0.15, 0.2) is 0 Å². The lowest BCUT2D eigenvalue weighted by atomic mass is 10.1. The van der Waals surface area contributed by atoms with E-state index >= 15 is 0 Å². The first-order valence-corrected chi connectivity index (χ1v) is 7.18. The van der Waals surface area contributed by atoms with Crippen molar-refractivity contribution in [3.63, 3.8) is 0 Å². The van der Waals surface area contributed by atoms with Crippen molar-refractivity contribution in [3.8, 4) is 10.6 Å². The molecule has 19 heavy (non-hydrogen) atoms. The van der Waals surface area contributed by atoms with Gasteiger partial charge in [-0.05, 0) is 12.0 Å². The highest BCUT2D eigenvalue weighted by atomic mass is 32.1. The molecule has 98 valence electrons. The van der Waals surface area contributed by atoms with E-state index in [1.54, 1.807) is 17.6 Å². The summed E-state index contributed by atoms with van der Waals surface area (Å²) in [5, 5.41) is 2.10. The van der Waals surface area contributed by atoms with Crippen LogP contribution in [-0.4, -0.2) is 4.98 Å². The molecular formula is C15H16N2OS. The lowest BCUT2D eigenvalue weighted by Crippen LogP contribution is -1.99. The quantitative estimate of drug-likeness (QED) is 0.779. The normalized spacial score (nSPS) is 11.6. The molecule has 2 heterocycles. The van der Waals surface area contributed by atoms with Crippen molar-refractivity contribution in [2.45, 2.75) is 26.3 Å². The summed E-state index contributed by atoms with van der Waals surface area (Å²) in [7, 11) is 0. The summed E-state index contributed by atoms with van der Waals surface area (Å²) in [5.41, 5.74) is 8.87. The number of furan rings is 1. The molecule has 3 aromatic rings. The maximum atomic E-state index is 5.81. The number of nitrogens with zero attached hydrogens (tertiary/aromatic N) is 1. The number of para-hydroxylation sites is 1. The smallest absolute Gasteiger partial charge is 0.134 e. The van der Waals surface area contributed by atoms with Crippen LogP contribution in [0, 0.1) is 0 Å². The molecule has 0 bridgehead atoms. The van der Waals surface area contributed by atoms with Crippen LogP contribution in [0.25, 0.3) is 21.5 Å². The highest BCUT2D eigenvalue weighted by Crippen LogP contribution is 2.36. The van der Waals surface area contributed by atoms with Crippen LogP contribution < -0.4 is 5.73 Å². The Balaban J connectivity index is 2.16. The van der Waals surface area contributed by atoms with Gasteiger partial charge in [0.2, 0.25) is 0 Å². The minimum absolute atomic E-state index is 0.390. The predicted molar refractivity (Wildman–Crippen MR) is 79.3 cm³/mol. The van der Waals surface area contributed by atoms with Gasteiger partial charge < -0.3 is 10.2 Å². The van der Waals surface area contributed by atoms with E-state index in [1.807, 2.05) is 18.2 Å². The van der Waals surface area contributed by atoms with Crippen molar-refractivity contribution >= 4 is 22.3 Å². The monoisotopic (exact) mass is 272 g/mol. The summed E-state index contributed by atoms with van der Waals surface area (Å²) < 4.78 is 5.58. The van der Waals surface area contributed by atoms with Crippen LogP contribution in [0.15, 0.2) is 34.9 Å². The molecule has 0 atom stereocenters. The lowest BCUT2D eigenvalue weighted by Gasteiger charge is -2.01. The number of nitrogens with two attached hydrogens (primary N) is 1. The van der Waals surface area contributed by atoms with E-state index in [0.29, 0.717) is 12.5 Å². The third-order valence-corrected chi connectivity index (χ3v) is 4.30. The molecule has 4 heteroatoms. The number of rotatable bonds is 3. The van der Waals surface area contributed by atoms with Crippen LogP contribution in [0.5, 0.6) is 0 Å². The van der Waals surface area contributed by atoms with Gasteiger partial charge in [0.25, 0.3) is 0 Å². The SMILES string of the molecule is CC(C)c1nc(-c2coc3ccccc23)sc1CN. The Kier molecular flexibility index (Phi) is 3.12. The molecule has 0 saturated carbocycles. The van der Waals surface area contributed by atoms with Crippen LogP contribution in [0.4, 0.5) is 0 Å². The fraction of sp³-hybridized carbons (Fsp3) is 0.267. The Morgan fingerprint density at radius 1 is 1.32 bits per heavy atom. The van der Waals surface area contributed by atoms with Gasteiger partial charge in [-0.2, -0.15) is 0 Å². The average molecular weight is 272 g/mol. The van der Waals surface area contributed by atoms with Crippen LogP contribution in [0.2, 0.25) is 0 Å². The van der Waals surface area contributed by atoms with Crippen LogP contribution >= 0.6 is 11.3 Å². The van der Waals surface area contributed by atoms with Crippen molar-refractivity contribution in [1.29, 1.82) is 0 Å². The molecule has 3 rings (SSSR count). The third kappa shape index (κ3) is 2.07. The summed E-state index contributed by atoms with van der Waals surface area (Å²) in [6.07, 6.45) is 1.79. The fourth-order valence-electron chi connectivity index (χ4n) is 2.22. The van der Waals surface area contributed by atoms with Crippen LogP contribution in [0.3, 0.4) is 0 Å². The Morgan fingerprint density at radius 2 is 2.11 bits per heavy atom. The summed E-state index contributed by atoms with van der Waals surface area (Å²) in [6.45, 7) is 4.83. The van der Waals surface area contributed by atoms with E-state index < -0.39 is 0 Å². The van der Waals surface area contributed by atoms with Gasteiger partial charge in [0, 0.05) is 16.8 Å². The minimum Gasteiger partial charge on any atom is -0.464 e. The van der Waals surface area contributed by atoms with E-state index in [1.165, 1.54) is 0 Å². The zero-order valence-electron chi connectivity index (χ0n) is 11.0. The molecule has 0 aliphatic carbocycles. The molecule has 2 N–H and O–H groups in total. The number of fused-ring (bicyclic) bond motifs is 1.